The van der Waals surface area contributed by atoms with Crippen LogP contribution in [0.4, 0.5) is 11.4 Å². The normalized spacial score (nSPS) is 10.1. The van der Waals surface area contributed by atoms with Gasteiger partial charge in [0, 0.05) is 17.0 Å². The molecule has 1 N–H and O–H groups in total. The summed E-state index contributed by atoms with van der Waals surface area (Å²) in [5, 5.41) is 13.7. The minimum atomic E-state index is -0.963. The summed E-state index contributed by atoms with van der Waals surface area (Å²) in [7, 11) is 2.92. The molecule has 28 heavy (non-hydrogen) atoms. The summed E-state index contributed by atoms with van der Waals surface area (Å²) in [6.45, 7) is -0.625. The van der Waals surface area contributed by atoms with Gasteiger partial charge in [-0.15, -0.1) is 11.8 Å². The highest BCUT2D eigenvalue weighted by Gasteiger charge is 2.23. The van der Waals surface area contributed by atoms with E-state index in [1.807, 2.05) is 0 Å². The molecule has 0 aromatic heterocycles. The molecule has 2 aromatic rings. The molecule has 148 valence electrons. The Morgan fingerprint density at radius 2 is 1.89 bits per heavy atom. The van der Waals surface area contributed by atoms with Crippen molar-refractivity contribution in [1.82, 2.24) is 0 Å². The van der Waals surface area contributed by atoms with Crippen LogP contribution in [0, 0.1) is 10.1 Å². The van der Waals surface area contributed by atoms with Crippen molar-refractivity contribution in [2.75, 3.05) is 32.4 Å². The Bertz CT molecular complexity index is 901. The van der Waals surface area contributed by atoms with Gasteiger partial charge < -0.3 is 19.5 Å². The van der Waals surface area contributed by atoms with Gasteiger partial charge in [-0.2, -0.15) is 0 Å². The number of hydrogen-bond acceptors (Lipinski definition) is 8. The molecule has 0 atom stereocenters. The molecule has 2 aromatic carbocycles. The van der Waals surface area contributed by atoms with Gasteiger partial charge in [-0.3, -0.25) is 14.9 Å². The lowest BCUT2D eigenvalue weighted by molar-refractivity contribution is -0.385. The van der Waals surface area contributed by atoms with Crippen molar-refractivity contribution in [2.24, 2.45) is 0 Å². The van der Waals surface area contributed by atoms with E-state index < -0.39 is 29.1 Å². The Labute approximate surface area is 165 Å². The predicted octanol–water partition coefficient (Wildman–Crippen LogP) is 3.13. The first-order valence-corrected chi connectivity index (χ1v) is 9.13. The Morgan fingerprint density at radius 1 is 1.14 bits per heavy atom. The zero-order chi connectivity index (χ0) is 20.7. The third kappa shape index (κ3) is 5.13. The van der Waals surface area contributed by atoms with E-state index in [4.69, 9.17) is 14.2 Å². The third-order valence-corrected chi connectivity index (χ3v) is 4.36. The number of ether oxygens (including phenoxy) is 3. The van der Waals surface area contributed by atoms with Crippen LogP contribution < -0.4 is 14.8 Å². The fraction of sp³-hybridized carbons (Fsp3) is 0.222. The van der Waals surface area contributed by atoms with Crippen molar-refractivity contribution in [3.8, 4) is 11.5 Å². The number of amides is 1. The Morgan fingerprint density at radius 3 is 2.50 bits per heavy atom. The minimum Gasteiger partial charge on any atom is -0.497 e. The summed E-state index contributed by atoms with van der Waals surface area (Å²) in [6, 6.07) is 8.93. The fourth-order valence-corrected chi connectivity index (χ4v) is 2.71. The highest BCUT2D eigenvalue weighted by Crippen LogP contribution is 2.29. The number of nitrogens with zero attached hydrogens (tertiary/aromatic N) is 1. The molecule has 0 aliphatic rings. The van der Waals surface area contributed by atoms with Gasteiger partial charge in [-0.25, -0.2) is 4.79 Å². The van der Waals surface area contributed by atoms with E-state index in [1.54, 1.807) is 24.5 Å². The van der Waals surface area contributed by atoms with Gasteiger partial charge in [-0.1, -0.05) is 0 Å². The first kappa shape index (κ1) is 21.0. The molecule has 0 unspecified atom stereocenters. The van der Waals surface area contributed by atoms with Crippen LogP contribution in [0.5, 0.6) is 11.5 Å². The number of nitro groups is 1. The third-order valence-electron chi connectivity index (χ3n) is 3.64. The maximum atomic E-state index is 12.3. The van der Waals surface area contributed by atoms with E-state index in [1.165, 1.54) is 44.2 Å². The average molecular weight is 406 g/mol. The standard InChI is InChI=1S/C18H18N2O7S/c1-25-11-4-7-16(26-2)14(8-11)19-17(21)10-27-18(22)13-9-12(28-3)5-6-15(13)20(23)24/h4-9H,10H2,1-3H3,(H,19,21). The number of hydrogen-bond donors (Lipinski definition) is 1. The van der Waals surface area contributed by atoms with Crippen molar-refractivity contribution in [3.63, 3.8) is 0 Å². The number of methoxy groups -OCH3 is 2. The second-order valence-electron chi connectivity index (χ2n) is 5.33. The molecule has 1 amide bonds. The lowest BCUT2D eigenvalue weighted by Gasteiger charge is -2.12. The number of thioether (sulfide) groups is 1. The summed E-state index contributed by atoms with van der Waals surface area (Å²) >= 11 is 1.32. The number of carbonyl (C=O) groups excluding carboxylic acids is 2. The topological polar surface area (TPSA) is 117 Å². The second kappa shape index (κ2) is 9.60. The SMILES string of the molecule is COc1ccc(OC)c(NC(=O)COC(=O)c2cc(SC)ccc2[N+](=O)[O-])c1. The minimum absolute atomic E-state index is 0.219. The molecule has 0 saturated heterocycles. The number of nitrogens with one attached hydrogen (secondary N) is 1. The van der Waals surface area contributed by atoms with Gasteiger partial charge in [0.05, 0.1) is 24.8 Å². The monoisotopic (exact) mass is 406 g/mol. The van der Waals surface area contributed by atoms with E-state index in [0.717, 1.165) is 0 Å². The fourth-order valence-electron chi connectivity index (χ4n) is 2.27. The van der Waals surface area contributed by atoms with Crippen molar-refractivity contribution in [3.05, 3.63) is 52.1 Å². The highest BCUT2D eigenvalue weighted by molar-refractivity contribution is 7.98. The second-order valence-corrected chi connectivity index (χ2v) is 6.21. The number of nitro benzene ring substituents is 1. The maximum absolute atomic E-state index is 12.3. The summed E-state index contributed by atoms with van der Waals surface area (Å²) in [5.41, 5.74) is -0.278. The van der Waals surface area contributed by atoms with E-state index in [-0.39, 0.29) is 5.56 Å². The summed E-state index contributed by atoms with van der Waals surface area (Å²) < 4.78 is 15.2. The molecule has 2 rings (SSSR count). The van der Waals surface area contributed by atoms with Gasteiger partial charge in [0.1, 0.15) is 17.1 Å². The molecule has 0 heterocycles. The average Bonchev–Trinajstić information content (AvgIpc) is 2.71. The Balaban J connectivity index is 2.09. The van der Waals surface area contributed by atoms with Crippen LogP contribution in [0.3, 0.4) is 0 Å². The van der Waals surface area contributed by atoms with Crippen LogP contribution in [0.25, 0.3) is 0 Å². The zero-order valence-electron chi connectivity index (χ0n) is 15.4. The van der Waals surface area contributed by atoms with Crippen molar-refractivity contribution < 1.29 is 28.7 Å². The largest absolute Gasteiger partial charge is 0.497 e. The highest BCUT2D eigenvalue weighted by atomic mass is 32.2. The molecule has 0 saturated carbocycles. The van der Waals surface area contributed by atoms with Crippen LogP contribution in [0.15, 0.2) is 41.3 Å². The molecular weight excluding hydrogens is 388 g/mol. The summed E-state index contributed by atoms with van der Waals surface area (Å²) in [6.07, 6.45) is 1.77. The van der Waals surface area contributed by atoms with Crippen LogP contribution in [-0.4, -0.2) is 43.9 Å². The maximum Gasteiger partial charge on any atom is 0.345 e. The van der Waals surface area contributed by atoms with Crippen LogP contribution in [0.1, 0.15) is 10.4 Å². The molecular formula is C18H18N2O7S. The van der Waals surface area contributed by atoms with E-state index in [0.29, 0.717) is 22.1 Å². The lowest BCUT2D eigenvalue weighted by atomic mass is 10.2. The van der Waals surface area contributed by atoms with Crippen molar-refractivity contribution in [1.29, 1.82) is 0 Å². The number of benzene rings is 2. The summed E-state index contributed by atoms with van der Waals surface area (Å²) in [4.78, 5) is 35.5. The lowest BCUT2D eigenvalue weighted by Crippen LogP contribution is -2.21. The molecule has 0 fully saturated rings. The number of carbonyl (C=O) groups is 2. The molecule has 0 radical (unpaired) electrons. The van der Waals surface area contributed by atoms with Crippen LogP contribution in [-0.2, 0) is 9.53 Å². The van der Waals surface area contributed by atoms with Gasteiger partial charge in [0.15, 0.2) is 6.61 Å². The van der Waals surface area contributed by atoms with Crippen LogP contribution in [0.2, 0.25) is 0 Å². The molecule has 0 spiro atoms. The van der Waals surface area contributed by atoms with Crippen LogP contribution >= 0.6 is 11.8 Å². The smallest absolute Gasteiger partial charge is 0.345 e. The number of anilines is 1. The van der Waals surface area contributed by atoms with E-state index in [2.05, 4.69) is 5.32 Å². The first-order chi connectivity index (χ1) is 13.4. The molecule has 0 bridgehead atoms. The molecule has 0 aliphatic carbocycles. The predicted molar refractivity (Wildman–Crippen MR) is 103 cm³/mol. The van der Waals surface area contributed by atoms with E-state index >= 15 is 0 Å². The van der Waals surface area contributed by atoms with Gasteiger partial charge in [-0.05, 0) is 30.5 Å². The van der Waals surface area contributed by atoms with Gasteiger partial charge in [0.25, 0.3) is 11.6 Å². The van der Waals surface area contributed by atoms with Gasteiger partial charge >= 0.3 is 5.97 Å². The Kier molecular flexibility index (Phi) is 7.21. The van der Waals surface area contributed by atoms with E-state index in [9.17, 15) is 19.7 Å². The Hall–Kier alpha value is -3.27. The molecule has 9 nitrogen and oxygen atoms in total. The van der Waals surface area contributed by atoms with Crippen molar-refractivity contribution >= 4 is 35.0 Å². The number of esters is 1. The quantitative estimate of drug-likeness (QED) is 0.308. The zero-order valence-corrected chi connectivity index (χ0v) is 16.2. The van der Waals surface area contributed by atoms with Gasteiger partial charge in [0.2, 0.25) is 0 Å². The number of rotatable bonds is 8. The summed E-state index contributed by atoms with van der Waals surface area (Å²) in [5.74, 6) is -0.708. The first-order valence-electron chi connectivity index (χ1n) is 7.91. The molecule has 0 aliphatic heterocycles. The molecule has 10 heteroatoms. The van der Waals surface area contributed by atoms with Crippen molar-refractivity contribution in [2.45, 2.75) is 4.90 Å².